The highest BCUT2D eigenvalue weighted by atomic mass is 16.7. The van der Waals surface area contributed by atoms with E-state index in [9.17, 15) is 4.79 Å². The second kappa shape index (κ2) is 21.7. The SMILES string of the molecule is CCOC1OC(C(=O)N2CCc3cc(OC)c(OC)cc3C2CC2CC3c4cc(OC)c(OC)cc4CCN3CC2CC)=CC(c2coc3ccccc3c2=O)C1CCOCCOCCO. The number of carbonyl (C=O) groups is 1. The van der Waals surface area contributed by atoms with Gasteiger partial charge in [0, 0.05) is 56.3 Å². The molecule has 1 aromatic heterocycles. The molecular formula is C52H66N2O12. The van der Waals surface area contributed by atoms with Gasteiger partial charge in [0.25, 0.3) is 5.91 Å². The average Bonchev–Trinajstić information content (AvgIpc) is 3.35. The summed E-state index contributed by atoms with van der Waals surface area (Å²) >= 11 is 0. The first-order valence-corrected chi connectivity index (χ1v) is 23.6. The molecule has 3 aromatic carbocycles. The van der Waals surface area contributed by atoms with Gasteiger partial charge < -0.3 is 52.3 Å². The summed E-state index contributed by atoms with van der Waals surface area (Å²) in [5.74, 6) is 2.29. The fourth-order valence-electron chi connectivity index (χ4n) is 10.9. The average molecular weight is 911 g/mol. The lowest BCUT2D eigenvalue weighted by atomic mass is 9.72. The lowest BCUT2D eigenvalue weighted by Gasteiger charge is -2.49. The van der Waals surface area contributed by atoms with Gasteiger partial charge in [0.1, 0.15) is 5.58 Å². The molecule has 1 N–H and O–H groups in total. The highest BCUT2D eigenvalue weighted by Crippen LogP contribution is 2.50. The van der Waals surface area contributed by atoms with Crippen molar-refractivity contribution in [3.63, 3.8) is 0 Å². The van der Waals surface area contributed by atoms with E-state index in [4.69, 9.17) is 47.4 Å². The van der Waals surface area contributed by atoms with Gasteiger partial charge in [-0.25, -0.2) is 0 Å². The maximum absolute atomic E-state index is 15.5. The summed E-state index contributed by atoms with van der Waals surface area (Å²) < 4.78 is 53.6. The van der Waals surface area contributed by atoms with E-state index in [-0.39, 0.29) is 48.3 Å². The third-order valence-corrected chi connectivity index (χ3v) is 14.3. The lowest BCUT2D eigenvalue weighted by Crippen LogP contribution is -2.48. The van der Waals surface area contributed by atoms with E-state index < -0.39 is 18.1 Å². The predicted octanol–water partition coefficient (Wildman–Crippen LogP) is 7.38. The number of hydrogen-bond acceptors (Lipinski definition) is 13. The third kappa shape index (κ3) is 9.66. The van der Waals surface area contributed by atoms with Crippen LogP contribution in [-0.2, 0) is 36.6 Å². The number of para-hydroxylation sites is 1. The van der Waals surface area contributed by atoms with Crippen LogP contribution in [0.5, 0.6) is 23.0 Å². The Hall–Kier alpha value is -5.12. The van der Waals surface area contributed by atoms with Crippen molar-refractivity contribution in [1.29, 1.82) is 0 Å². The molecule has 0 radical (unpaired) electrons. The highest BCUT2D eigenvalue weighted by Gasteiger charge is 2.45. The normalized spacial score (nSPS) is 23.8. The van der Waals surface area contributed by atoms with E-state index in [2.05, 4.69) is 36.1 Å². The lowest BCUT2D eigenvalue weighted by molar-refractivity contribution is -0.173. The summed E-state index contributed by atoms with van der Waals surface area (Å²) in [6.07, 6.45) is 7.13. The first-order valence-electron chi connectivity index (χ1n) is 23.6. The van der Waals surface area contributed by atoms with Crippen molar-refractivity contribution >= 4 is 16.9 Å². The number of nitrogens with zero attached hydrogens (tertiary/aromatic N) is 2. The van der Waals surface area contributed by atoms with E-state index in [1.165, 1.54) is 17.4 Å². The van der Waals surface area contributed by atoms with Crippen molar-refractivity contribution < 1.29 is 52.2 Å². The maximum Gasteiger partial charge on any atom is 0.289 e. The topological polar surface area (TPSA) is 148 Å². The van der Waals surface area contributed by atoms with Crippen LogP contribution in [0.3, 0.4) is 0 Å². The van der Waals surface area contributed by atoms with Crippen LogP contribution in [0.25, 0.3) is 11.0 Å². The number of aliphatic hydroxyl groups is 1. The van der Waals surface area contributed by atoms with Gasteiger partial charge in [-0.1, -0.05) is 25.5 Å². The molecule has 7 unspecified atom stereocenters. The molecule has 5 heterocycles. The molecule has 14 heteroatoms. The minimum Gasteiger partial charge on any atom is -0.493 e. The van der Waals surface area contributed by atoms with Gasteiger partial charge in [-0.3, -0.25) is 14.5 Å². The van der Waals surface area contributed by atoms with Crippen LogP contribution in [0, 0.1) is 17.8 Å². The van der Waals surface area contributed by atoms with Gasteiger partial charge >= 0.3 is 0 Å². The quantitative estimate of drug-likeness (QED) is 0.0935. The Morgan fingerprint density at radius 1 is 0.803 bits per heavy atom. The summed E-state index contributed by atoms with van der Waals surface area (Å²) in [6, 6.07) is 15.5. The Morgan fingerprint density at radius 3 is 2.17 bits per heavy atom. The van der Waals surface area contributed by atoms with Crippen LogP contribution in [0.4, 0.5) is 0 Å². The van der Waals surface area contributed by atoms with Gasteiger partial charge in [-0.05, 0) is 116 Å². The molecule has 7 atom stereocenters. The van der Waals surface area contributed by atoms with E-state index in [0.29, 0.717) is 79.8 Å². The number of amides is 1. The highest BCUT2D eigenvalue weighted by molar-refractivity contribution is 5.92. The summed E-state index contributed by atoms with van der Waals surface area (Å²) in [7, 11) is 6.66. The molecule has 4 aliphatic heterocycles. The van der Waals surface area contributed by atoms with Gasteiger partial charge in [0.2, 0.25) is 6.29 Å². The second-order valence-corrected chi connectivity index (χ2v) is 17.7. The number of allylic oxidation sites excluding steroid dienone is 1. The van der Waals surface area contributed by atoms with Gasteiger partial charge in [0.05, 0.1) is 72.6 Å². The standard InChI is InChI=1S/C52H66N2O12/c1-7-32-30-53-16-13-33-25-45(58-3)47(60-5)27-38(33)42(53)23-35(32)24-43-39-28-48(61-6)46(59-4)26-34(39)14-17-54(43)51(57)49-29-40(41-31-65-44-12-10-9-11-37(44)50(41)56)36(52(66-49)64-8-2)15-19-62-21-22-63-20-18-55/h9-12,25-29,31-32,35-36,40,42-43,52,55H,7-8,13-24,30H2,1-6H3. The Bertz CT molecular complexity index is 2400. The molecule has 0 aliphatic carbocycles. The fraction of sp³-hybridized carbons (Fsp3) is 0.538. The van der Waals surface area contributed by atoms with Gasteiger partial charge in [-0.15, -0.1) is 0 Å². The zero-order chi connectivity index (χ0) is 46.3. The van der Waals surface area contributed by atoms with Crippen molar-refractivity contribution in [2.45, 2.75) is 76.7 Å². The number of rotatable bonds is 19. The van der Waals surface area contributed by atoms with Crippen molar-refractivity contribution in [2.24, 2.45) is 17.8 Å². The Kier molecular flexibility index (Phi) is 15.6. The van der Waals surface area contributed by atoms with Gasteiger partial charge in [-0.2, -0.15) is 0 Å². The van der Waals surface area contributed by atoms with Crippen molar-refractivity contribution in [3.8, 4) is 23.0 Å². The minimum atomic E-state index is -0.861. The van der Waals surface area contributed by atoms with Crippen LogP contribution >= 0.6 is 0 Å². The molecule has 14 nitrogen and oxygen atoms in total. The molecule has 66 heavy (non-hydrogen) atoms. The molecule has 1 saturated heterocycles. The summed E-state index contributed by atoms with van der Waals surface area (Å²) in [5, 5.41) is 9.56. The zero-order valence-corrected chi connectivity index (χ0v) is 39.3. The number of methoxy groups -OCH3 is 4. The van der Waals surface area contributed by atoms with Crippen molar-refractivity contribution in [2.75, 3.05) is 87.7 Å². The molecule has 356 valence electrons. The zero-order valence-electron chi connectivity index (χ0n) is 39.3. The summed E-state index contributed by atoms with van der Waals surface area (Å²) in [6.45, 7) is 8.03. The molecule has 1 fully saturated rings. The Balaban J connectivity index is 1.16. The molecule has 1 amide bonds. The van der Waals surface area contributed by atoms with E-state index in [0.717, 1.165) is 61.4 Å². The molecule has 0 spiro atoms. The van der Waals surface area contributed by atoms with Crippen LogP contribution in [0.15, 0.2) is 75.8 Å². The number of carbonyl (C=O) groups excluding carboxylic acids is 1. The Labute approximate surface area is 387 Å². The number of benzene rings is 3. The van der Waals surface area contributed by atoms with Gasteiger partial charge in [0.15, 0.2) is 34.2 Å². The first-order chi connectivity index (χ1) is 32.2. The van der Waals surface area contributed by atoms with Crippen molar-refractivity contribution in [1.82, 2.24) is 9.80 Å². The molecule has 8 rings (SSSR count). The van der Waals surface area contributed by atoms with E-state index in [1.807, 2.05) is 30.0 Å². The summed E-state index contributed by atoms with van der Waals surface area (Å²) in [5.41, 5.74) is 5.44. The summed E-state index contributed by atoms with van der Waals surface area (Å²) in [4.78, 5) is 34.5. The number of ether oxygens (including phenoxy) is 8. The minimum absolute atomic E-state index is 0.0626. The number of hydrogen-bond donors (Lipinski definition) is 1. The maximum atomic E-state index is 15.5. The Morgan fingerprint density at radius 2 is 1.47 bits per heavy atom. The van der Waals surface area contributed by atoms with E-state index >= 15 is 4.79 Å². The molecule has 4 aliphatic rings. The fourth-order valence-corrected chi connectivity index (χ4v) is 10.9. The number of piperidine rings is 1. The van der Waals surface area contributed by atoms with Crippen LogP contribution in [-0.4, -0.2) is 115 Å². The molecule has 0 saturated carbocycles. The molecule has 0 bridgehead atoms. The van der Waals surface area contributed by atoms with E-state index in [1.54, 1.807) is 40.6 Å². The van der Waals surface area contributed by atoms with Crippen LogP contribution < -0.4 is 24.4 Å². The monoisotopic (exact) mass is 910 g/mol. The third-order valence-electron chi connectivity index (χ3n) is 14.3. The number of fused-ring (bicyclic) bond motifs is 5. The largest absolute Gasteiger partial charge is 0.493 e. The molecular weight excluding hydrogens is 845 g/mol. The smallest absolute Gasteiger partial charge is 0.289 e. The first kappa shape index (κ1) is 47.4. The second-order valence-electron chi connectivity index (χ2n) is 17.7. The van der Waals surface area contributed by atoms with Crippen molar-refractivity contribution in [3.05, 3.63) is 105 Å². The molecule has 4 aromatic rings. The predicted molar refractivity (Wildman–Crippen MR) is 248 cm³/mol. The number of aliphatic hydroxyl groups excluding tert-OH is 1. The van der Waals surface area contributed by atoms with Crippen LogP contribution in [0.2, 0.25) is 0 Å². The van der Waals surface area contributed by atoms with Crippen LogP contribution in [0.1, 0.15) is 85.3 Å².